The summed E-state index contributed by atoms with van der Waals surface area (Å²) in [4.78, 5) is 35.6. The second kappa shape index (κ2) is 7.74. The molecule has 1 aromatic carbocycles. The fourth-order valence-corrected chi connectivity index (χ4v) is 4.18. The van der Waals surface area contributed by atoms with Crippen molar-refractivity contribution in [2.45, 2.75) is 19.0 Å². The molecular formula is C23H20F2N4O3. The van der Waals surface area contributed by atoms with Crippen molar-refractivity contribution in [2.24, 2.45) is 0 Å². The van der Waals surface area contributed by atoms with Crippen LogP contribution in [-0.4, -0.2) is 51.7 Å². The first-order valence-corrected chi connectivity index (χ1v) is 10.3. The number of rotatable bonds is 3. The third kappa shape index (κ3) is 3.30. The second-order valence-corrected chi connectivity index (χ2v) is 7.82. The SMILES string of the molecule is COc1cnc2c(C(=O)N3CCC(F)CC3)cn(-c3cc(F)cc4[nH]ccc34)c(=O)c2c1. The Kier molecular flexibility index (Phi) is 4.88. The van der Waals surface area contributed by atoms with E-state index in [2.05, 4.69) is 9.97 Å². The fourth-order valence-electron chi connectivity index (χ4n) is 4.18. The van der Waals surface area contributed by atoms with Gasteiger partial charge in [-0.2, -0.15) is 0 Å². The Hall–Kier alpha value is -3.75. The summed E-state index contributed by atoms with van der Waals surface area (Å²) in [6.45, 7) is 0.553. The summed E-state index contributed by atoms with van der Waals surface area (Å²) in [7, 11) is 1.45. The van der Waals surface area contributed by atoms with Crippen molar-refractivity contribution >= 4 is 27.7 Å². The molecule has 0 unspecified atom stereocenters. The lowest BCUT2D eigenvalue weighted by Gasteiger charge is -2.29. The number of methoxy groups -OCH3 is 1. The molecule has 1 aliphatic rings. The summed E-state index contributed by atoms with van der Waals surface area (Å²) >= 11 is 0. The average Bonchev–Trinajstić information content (AvgIpc) is 3.27. The molecule has 32 heavy (non-hydrogen) atoms. The highest BCUT2D eigenvalue weighted by Crippen LogP contribution is 2.26. The van der Waals surface area contributed by atoms with Gasteiger partial charge in [-0.1, -0.05) is 0 Å². The van der Waals surface area contributed by atoms with Crippen molar-refractivity contribution in [3.05, 3.63) is 64.6 Å². The van der Waals surface area contributed by atoms with Gasteiger partial charge in [-0.3, -0.25) is 19.1 Å². The summed E-state index contributed by atoms with van der Waals surface area (Å²) in [5.74, 6) is -0.520. The molecule has 164 valence electrons. The van der Waals surface area contributed by atoms with E-state index in [4.69, 9.17) is 4.74 Å². The number of nitrogens with one attached hydrogen (secondary N) is 1. The van der Waals surface area contributed by atoms with Gasteiger partial charge in [0.1, 0.15) is 17.7 Å². The number of ether oxygens (including phenoxy) is 1. The van der Waals surface area contributed by atoms with Crippen LogP contribution in [0.4, 0.5) is 8.78 Å². The molecule has 3 aromatic heterocycles. The van der Waals surface area contributed by atoms with Crippen molar-refractivity contribution in [1.82, 2.24) is 19.4 Å². The zero-order valence-corrected chi connectivity index (χ0v) is 17.3. The highest BCUT2D eigenvalue weighted by atomic mass is 19.1. The van der Waals surface area contributed by atoms with Crippen LogP contribution in [0.25, 0.3) is 27.5 Å². The van der Waals surface area contributed by atoms with E-state index in [0.29, 0.717) is 22.3 Å². The number of hydrogen-bond donors (Lipinski definition) is 1. The minimum atomic E-state index is -0.929. The Bertz CT molecular complexity index is 1400. The Morgan fingerprint density at radius 2 is 2.00 bits per heavy atom. The lowest BCUT2D eigenvalue weighted by molar-refractivity contribution is 0.0668. The van der Waals surface area contributed by atoms with Gasteiger partial charge < -0.3 is 14.6 Å². The Morgan fingerprint density at radius 1 is 1.22 bits per heavy atom. The number of alkyl halides is 1. The summed E-state index contributed by atoms with van der Waals surface area (Å²) in [5, 5.41) is 0.795. The normalized spacial score (nSPS) is 14.9. The maximum Gasteiger partial charge on any atom is 0.264 e. The highest BCUT2D eigenvalue weighted by molar-refractivity contribution is 6.05. The number of nitrogens with zero attached hydrogens (tertiary/aromatic N) is 3. The number of piperidine rings is 1. The average molecular weight is 438 g/mol. The van der Waals surface area contributed by atoms with Gasteiger partial charge in [-0.25, -0.2) is 8.78 Å². The van der Waals surface area contributed by atoms with E-state index in [-0.39, 0.29) is 48.3 Å². The molecule has 4 heterocycles. The van der Waals surface area contributed by atoms with Gasteiger partial charge in [0.05, 0.1) is 41.0 Å². The molecule has 9 heteroatoms. The predicted octanol–water partition coefficient (Wildman–Crippen LogP) is 3.59. The fraction of sp³-hybridized carbons (Fsp3) is 0.261. The quantitative estimate of drug-likeness (QED) is 0.530. The van der Waals surface area contributed by atoms with E-state index in [0.717, 1.165) is 0 Å². The van der Waals surface area contributed by atoms with Gasteiger partial charge in [-0.15, -0.1) is 0 Å². The van der Waals surface area contributed by atoms with E-state index >= 15 is 0 Å². The topological polar surface area (TPSA) is 80.2 Å². The molecule has 1 fully saturated rings. The zero-order valence-electron chi connectivity index (χ0n) is 17.3. The number of pyridine rings is 2. The summed E-state index contributed by atoms with van der Waals surface area (Å²) in [5.41, 5.74) is 0.772. The molecule has 0 radical (unpaired) electrons. The Morgan fingerprint density at radius 3 is 2.75 bits per heavy atom. The number of benzene rings is 1. The number of fused-ring (bicyclic) bond motifs is 2. The van der Waals surface area contributed by atoms with Crippen LogP contribution >= 0.6 is 0 Å². The van der Waals surface area contributed by atoms with Gasteiger partial charge in [-0.05, 0) is 37.1 Å². The van der Waals surface area contributed by atoms with Crippen LogP contribution in [0.15, 0.2) is 47.7 Å². The van der Waals surface area contributed by atoms with Crippen LogP contribution in [0.2, 0.25) is 0 Å². The minimum absolute atomic E-state index is 0.170. The van der Waals surface area contributed by atoms with E-state index in [1.165, 1.54) is 42.3 Å². The molecule has 1 saturated heterocycles. The number of H-pyrrole nitrogens is 1. The number of amides is 1. The standard InChI is InChI=1S/C23H20F2N4O3/c1-32-15-10-17-21(27-11-15)18(22(30)28-6-3-13(24)4-7-28)12-29(23(17)31)20-9-14(25)8-19-16(20)2-5-26-19/h2,5,8-13,26H,3-4,6-7H2,1H3. The molecule has 7 nitrogen and oxygen atoms in total. The Balaban J connectivity index is 1.77. The van der Waals surface area contributed by atoms with E-state index in [1.807, 2.05) is 0 Å². The maximum atomic E-state index is 14.3. The summed E-state index contributed by atoms with van der Waals surface area (Å²) in [6, 6.07) is 5.83. The summed E-state index contributed by atoms with van der Waals surface area (Å²) < 4.78 is 34.4. The van der Waals surface area contributed by atoms with Gasteiger partial charge in [0, 0.05) is 30.9 Å². The van der Waals surface area contributed by atoms with Crippen LogP contribution in [0.1, 0.15) is 23.2 Å². The van der Waals surface area contributed by atoms with Crippen molar-refractivity contribution < 1.29 is 18.3 Å². The van der Waals surface area contributed by atoms with E-state index < -0.39 is 17.5 Å². The van der Waals surface area contributed by atoms with Crippen molar-refractivity contribution in [1.29, 1.82) is 0 Å². The largest absolute Gasteiger partial charge is 0.495 e. The first kappa shape index (κ1) is 20.2. The maximum absolute atomic E-state index is 14.3. The van der Waals surface area contributed by atoms with Gasteiger partial charge in [0.2, 0.25) is 0 Å². The van der Waals surface area contributed by atoms with Crippen LogP contribution in [0.3, 0.4) is 0 Å². The smallest absolute Gasteiger partial charge is 0.264 e. The number of hydrogen-bond acceptors (Lipinski definition) is 4. The lowest BCUT2D eigenvalue weighted by atomic mass is 10.1. The molecule has 1 N–H and O–H groups in total. The van der Waals surface area contributed by atoms with Gasteiger partial charge in [0.15, 0.2) is 0 Å². The molecule has 4 aromatic rings. The number of likely N-dealkylation sites (tertiary alicyclic amines) is 1. The van der Waals surface area contributed by atoms with Gasteiger partial charge >= 0.3 is 0 Å². The lowest BCUT2D eigenvalue weighted by Crippen LogP contribution is -2.39. The molecule has 5 rings (SSSR count). The van der Waals surface area contributed by atoms with Crippen LogP contribution < -0.4 is 10.3 Å². The number of aromatic amines is 1. The van der Waals surface area contributed by atoms with Crippen LogP contribution in [0, 0.1) is 5.82 Å². The van der Waals surface area contributed by atoms with Crippen molar-refractivity contribution in [2.75, 3.05) is 20.2 Å². The molecule has 0 aliphatic carbocycles. The predicted molar refractivity (Wildman–Crippen MR) is 116 cm³/mol. The third-order valence-corrected chi connectivity index (χ3v) is 5.87. The Labute approximate surface area is 181 Å². The van der Waals surface area contributed by atoms with Crippen LogP contribution in [-0.2, 0) is 0 Å². The highest BCUT2D eigenvalue weighted by Gasteiger charge is 2.27. The van der Waals surface area contributed by atoms with Gasteiger partial charge in [0.25, 0.3) is 11.5 Å². The van der Waals surface area contributed by atoms with Crippen LogP contribution in [0.5, 0.6) is 5.75 Å². The molecule has 0 bridgehead atoms. The zero-order chi connectivity index (χ0) is 22.4. The molecule has 1 amide bonds. The van der Waals surface area contributed by atoms with E-state index in [9.17, 15) is 18.4 Å². The molecular weight excluding hydrogens is 418 g/mol. The number of carbonyl (C=O) groups is 1. The monoisotopic (exact) mass is 438 g/mol. The molecule has 0 saturated carbocycles. The second-order valence-electron chi connectivity index (χ2n) is 7.82. The number of aromatic nitrogens is 3. The molecule has 0 atom stereocenters. The van der Waals surface area contributed by atoms with E-state index in [1.54, 1.807) is 17.2 Å². The number of carbonyl (C=O) groups excluding carboxylic acids is 1. The number of halogens is 2. The first-order valence-electron chi connectivity index (χ1n) is 10.3. The molecule has 1 aliphatic heterocycles. The first-order chi connectivity index (χ1) is 15.5. The van der Waals surface area contributed by atoms with Crippen molar-refractivity contribution in [3.63, 3.8) is 0 Å². The summed E-state index contributed by atoms with van der Waals surface area (Å²) in [6.07, 6.45) is 4.08. The third-order valence-electron chi connectivity index (χ3n) is 5.87. The minimum Gasteiger partial charge on any atom is -0.495 e. The van der Waals surface area contributed by atoms with Crippen molar-refractivity contribution in [3.8, 4) is 11.4 Å². The molecule has 0 spiro atoms.